The minimum absolute atomic E-state index is 0.132. The van der Waals surface area contributed by atoms with E-state index in [1.165, 1.54) is 0 Å². The van der Waals surface area contributed by atoms with Crippen LogP contribution >= 0.6 is 0 Å². The Labute approximate surface area is 143 Å². The number of nitrogens with zero attached hydrogens (tertiary/aromatic N) is 2. The minimum Gasteiger partial charge on any atom is -0.366 e. The summed E-state index contributed by atoms with van der Waals surface area (Å²) < 4.78 is 25.3. The standard InChI is InChI=1S/C17H26N4O2S/c22-24(23,15-4-2-1-3-5-15)17-7-6-16(20-21-17)19-14-8-12-10-18-11-13(12)9-14/h6-7,12-15,18H,1-5,8-11H2,(H,19,20). The molecule has 0 amide bonds. The molecule has 1 aromatic rings. The van der Waals surface area contributed by atoms with Gasteiger partial charge < -0.3 is 10.6 Å². The number of anilines is 1. The van der Waals surface area contributed by atoms with Gasteiger partial charge in [-0.2, -0.15) is 0 Å². The van der Waals surface area contributed by atoms with Gasteiger partial charge in [0, 0.05) is 6.04 Å². The van der Waals surface area contributed by atoms with E-state index in [1.54, 1.807) is 12.1 Å². The van der Waals surface area contributed by atoms with Crippen LogP contribution in [0.4, 0.5) is 5.82 Å². The number of fused-ring (bicyclic) bond motifs is 1. The predicted octanol–water partition coefficient (Wildman–Crippen LogP) is 1.99. The van der Waals surface area contributed by atoms with E-state index in [-0.39, 0.29) is 10.3 Å². The normalized spacial score (nSPS) is 31.1. The van der Waals surface area contributed by atoms with Crippen LogP contribution in [-0.4, -0.2) is 43.0 Å². The second-order valence-corrected chi connectivity index (χ2v) is 9.73. The van der Waals surface area contributed by atoms with E-state index in [1.807, 2.05) is 0 Å². The zero-order chi connectivity index (χ0) is 16.6. The molecule has 4 rings (SSSR count). The van der Waals surface area contributed by atoms with Crippen LogP contribution in [-0.2, 0) is 9.84 Å². The van der Waals surface area contributed by atoms with Crippen molar-refractivity contribution < 1.29 is 8.42 Å². The molecular formula is C17H26N4O2S. The van der Waals surface area contributed by atoms with Crippen LogP contribution in [0.2, 0.25) is 0 Å². The smallest absolute Gasteiger partial charge is 0.200 e. The molecule has 0 bridgehead atoms. The molecule has 1 aliphatic heterocycles. The highest BCUT2D eigenvalue weighted by atomic mass is 32.2. The highest BCUT2D eigenvalue weighted by molar-refractivity contribution is 7.92. The van der Waals surface area contributed by atoms with E-state index in [9.17, 15) is 8.42 Å². The van der Waals surface area contributed by atoms with Gasteiger partial charge in [-0.1, -0.05) is 19.3 Å². The Balaban J connectivity index is 1.41. The second kappa shape index (κ2) is 6.59. The van der Waals surface area contributed by atoms with Gasteiger partial charge in [-0.25, -0.2) is 8.42 Å². The number of aromatic nitrogens is 2. The molecule has 2 unspecified atom stereocenters. The molecule has 2 aliphatic carbocycles. The maximum atomic E-state index is 12.6. The van der Waals surface area contributed by atoms with Gasteiger partial charge in [0.25, 0.3) is 0 Å². The Morgan fingerprint density at radius 2 is 1.71 bits per heavy atom. The SMILES string of the molecule is O=S(=O)(c1ccc(NC2CC3CNCC3C2)nn1)C1CCCCC1. The zero-order valence-electron chi connectivity index (χ0n) is 13.9. The van der Waals surface area contributed by atoms with Gasteiger partial charge in [-0.3, -0.25) is 0 Å². The summed E-state index contributed by atoms with van der Waals surface area (Å²) in [6.07, 6.45) is 6.94. The van der Waals surface area contributed by atoms with Gasteiger partial charge in [-0.15, -0.1) is 10.2 Å². The molecule has 3 fully saturated rings. The van der Waals surface area contributed by atoms with Gasteiger partial charge in [0.1, 0.15) is 5.82 Å². The van der Waals surface area contributed by atoms with Crippen molar-refractivity contribution in [3.8, 4) is 0 Å². The molecular weight excluding hydrogens is 324 g/mol. The first-order valence-corrected chi connectivity index (χ1v) is 10.7. The van der Waals surface area contributed by atoms with E-state index in [0.29, 0.717) is 11.9 Å². The summed E-state index contributed by atoms with van der Waals surface area (Å²) in [5.41, 5.74) is 0. The van der Waals surface area contributed by atoms with Crippen LogP contribution in [0.1, 0.15) is 44.9 Å². The lowest BCUT2D eigenvalue weighted by molar-refractivity contribution is 0.481. The molecule has 1 saturated heterocycles. The van der Waals surface area contributed by atoms with Crippen molar-refractivity contribution in [1.29, 1.82) is 0 Å². The Hall–Kier alpha value is -1.21. The lowest BCUT2D eigenvalue weighted by atomic mass is 10.0. The zero-order valence-corrected chi connectivity index (χ0v) is 14.8. The second-order valence-electron chi connectivity index (χ2n) is 7.55. The minimum atomic E-state index is -3.33. The molecule has 0 radical (unpaired) electrons. The fourth-order valence-electron chi connectivity index (χ4n) is 4.59. The van der Waals surface area contributed by atoms with Gasteiger partial charge >= 0.3 is 0 Å². The van der Waals surface area contributed by atoms with Crippen molar-refractivity contribution in [1.82, 2.24) is 15.5 Å². The summed E-state index contributed by atoms with van der Waals surface area (Å²) in [5.74, 6) is 2.22. The molecule has 24 heavy (non-hydrogen) atoms. The van der Waals surface area contributed by atoms with Gasteiger partial charge in [0.15, 0.2) is 14.9 Å². The summed E-state index contributed by atoms with van der Waals surface area (Å²) in [5, 5.41) is 14.9. The van der Waals surface area contributed by atoms with E-state index in [0.717, 1.165) is 69.9 Å². The summed E-state index contributed by atoms with van der Waals surface area (Å²) >= 11 is 0. The summed E-state index contributed by atoms with van der Waals surface area (Å²) in [6.45, 7) is 2.24. The Kier molecular flexibility index (Phi) is 4.47. The first-order chi connectivity index (χ1) is 11.6. The highest BCUT2D eigenvalue weighted by Crippen LogP contribution is 2.35. The molecule has 1 aromatic heterocycles. The molecule has 0 aromatic carbocycles. The average Bonchev–Trinajstić information content (AvgIpc) is 3.18. The van der Waals surface area contributed by atoms with E-state index in [2.05, 4.69) is 20.8 Å². The van der Waals surface area contributed by atoms with Gasteiger partial charge in [-0.05, 0) is 62.7 Å². The summed E-state index contributed by atoms with van der Waals surface area (Å²) in [7, 11) is -3.33. The lowest BCUT2D eigenvalue weighted by Crippen LogP contribution is -2.25. The highest BCUT2D eigenvalue weighted by Gasteiger charge is 2.37. The molecule has 7 heteroatoms. The number of hydrogen-bond acceptors (Lipinski definition) is 6. The topological polar surface area (TPSA) is 84.0 Å². The number of nitrogens with one attached hydrogen (secondary N) is 2. The largest absolute Gasteiger partial charge is 0.366 e. The monoisotopic (exact) mass is 350 g/mol. The van der Waals surface area contributed by atoms with Crippen LogP contribution in [0, 0.1) is 11.8 Å². The molecule has 2 N–H and O–H groups in total. The van der Waals surface area contributed by atoms with E-state index >= 15 is 0 Å². The maximum Gasteiger partial charge on any atom is 0.200 e. The van der Waals surface area contributed by atoms with Crippen molar-refractivity contribution in [2.45, 2.75) is 61.3 Å². The first-order valence-electron chi connectivity index (χ1n) is 9.18. The van der Waals surface area contributed by atoms with Crippen LogP contribution in [0.5, 0.6) is 0 Å². The third-order valence-corrected chi connectivity index (χ3v) is 8.08. The lowest BCUT2D eigenvalue weighted by Gasteiger charge is -2.21. The molecule has 6 nitrogen and oxygen atoms in total. The van der Waals surface area contributed by atoms with Crippen molar-refractivity contribution in [2.75, 3.05) is 18.4 Å². The van der Waals surface area contributed by atoms with Crippen molar-refractivity contribution in [3.63, 3.8) is 0 Å². The first kappa shape index (κ1) is 16.3. The van der Waals surface area contributed by atoms with E-state index in [4.69, 9.17) is 0 Å². The molecule has 0 spiro atoms. The predicted molar refractivity (Wildman–Crippen MR) is 92.6 cm³/mol. The number of rotatable bonds is 4. The van der Waals surface area contributed by atoms with E-state index < -0.39 is 9.84 Å². The molecule has 2 atom stereocenters. The van der Waals surface area contributed by atoms with Crippen LogP contribution in [0.15, 0.2) is 17.2 Å². The third kappa shape index (κ3) is 3.16. The van der Waals surface area contributed by atoms with Crippen molar-refractivity contribution in [3.05, 3.63) is 12.1 Å². The fourth-order valence-corrected chi connectivity index (χ4v) is 6.30. The summed E-state index contributed by atoms with van der Waals surface area (Å²) in [4.78, 5) is 0. The number of hydrogen-bond donors (Lipinski definition) is 2. The fraction of sp³-hybridized carbons (Fsp3) is 0.765. The Bertz CT molecular complexity index is 658. The molecule has 3 aliphatic rings. The van der Waals surface area contributed by atoms with Crippen LogP contribution in [0.3, 0.4) is 0 Å². The maximum absolute atomic E-state index is 12.6. The Morgan fingerprint density at radius 3 is 2.33 bits per heavy atom. The van der Waals surface area contributed by atoms with Crippen LogP contribution < -0.4 is 10.6 Å². The van der Waals surface area contributed by atoms with Gasteiger partial charge in [0.2, 0.25) is 0 Å². The molecule has 2 heterocycles. The van der Waals surface area contributed by atoms with Crippen molar-refractivity contribution in [2.24, 2.45) is 11.8 Å². The summed E-state index contributed by atoms with van der Waals surface area (Å²) in [6, 6.07) is 3.82. The third-order valence-electron chi connectivity index (χ3n) is 5.93. The number of sulfone groups is 1. The van der Waals surface area contributed by atoms with Crippen molar-refractivity contribution >= 4 is 15.7 Å². The molecule has 2 saturated carbocycles. The average molecular weight is 350 g/mol. The Morgan fingerprint density at radius 1 is 1.00 bits per heavy atom. The molecule has 132 valence electrons. The van der Waals surface area contributed by atoms with Crippen LogP contribution in [0.25, 0.3) is 0 Å². The quantitative estimate of drug-likeness (QED) is 0.864. The van der Waals surface area contributed by atoms with Gasteiger partial charge in [0.05, 0.1) is 5.25 Å².